The zero-order chi connectivity index (χ0) is 17.9. The second-order valence-corrected chi connectivity index (χ2v) is 5.57. The monoisotopic (exact) mass is 332 g/mol. The van der Waals surface area contributed by atoms with Crippen LogP contribution in [-0.2, 0) is 9.59 Å². The van der Waals surface area contributed by atoms with Crippen LogP contribution in [0.4, 0.5) is 20.2 Å². The first kappa shape index (κ1) is 17.6. The maximum Gasteiger partial charge on any atom is 0.244 e. The predicted octanol–water partition coefficient (Wildman–Crippen LogP) is 3.57. The summed E-state index contributed by atoms with van der Waals surface area (Å²) < 4.78 is 26.1. The van der Waals surface area contributed by atoms with Crippen molar-refractivity contribution in [1.82, 2.24) is 0 Å². The molecule has 0 saturated carbocycles. The van der Waals surface area contributed by atoms with Gasteiger partial charge in [-0.15, -0.1) is 0 Å². The quantitative estimate of drug-likeness (QED) is 0.930. The molecule has 0 heterocycles. The molecule has 2 amide bonds. The number of carbonyl (C=O) groups excluding carboxylic acids is 2. The summed E-state index contributed by atoms with van der Waals surface area (Å²) >= 11 is 0. The number of carbonyl (C=O) groups is 2. The number of rotatable bonds is 4. The molecule has 0 aromatic heterocycles. The molecule has 0 aliphatic rings. The van der Waals surface area contributed by atoms with Gasteiger partial charge in [-0.3, -0.25) is 9.59 Å². The van der Waals surface area contributed by atoms with Gasteiger partial charge in [0.15, 0.2) is 11.6 Å². The lowest BCUT2D eigenvalue weighted by Crippen LogP contribution is -2.37. The van der Waals surface area contributed by atoms with Gasteiger partial charge in [-0.2, -0.15) is 0 Å². The van der Waals surface area contributed by atoms with E-state index < -0.39 is 17.5 Å². The highest BCUT2D eigenvalue weighted by molar-refractivity contribution is 6.02. The van der Waals surface area contributed by atoms with Crippen molar-refractivity contribution in [2.24, 2.45) is 0 Å². The fourth-order valence-corrected chi connectivity index (χ4v) is 2.39. The average molecular weight is 332 g/mol. The van der Waals surface area contributed by atoms with E-state index in [1.54, 1.807) is 6.07 Å². The van der Waals surface area contributed by atoms with Crippen LogP contribution in [0.5, 0.6) is 0 Å². The highest BCUT2D eigenvalue weighted by Crippen LogP contribution is 2.21. The zero-order valence-corrected chi connectivity index (χ0v) is 13.7. The van der Waals surface area contributed by atoms with Gasteiger partial charge in [0.1, 0.15) is 6.54 Å². The molecule has 0 saturated heterocycles. The number of nitrogens with one attached hydrogen (secondary N) is 1. The highest BCUT2D eigenvalue weighted by Gasteiger charge is 2.18. The van der Waals surface area contributed by atoms with Crippen molar-refractivity contribution < 1.29 is 18.4 Å². The van der Waals surface area contributed by atoms with Crippen LogP contribution < -0.4 is 10.2 Å². The van der Waals surface area contributed by atoms with Crippen LogP contribution >= 0.6 is 0 Å². The van der Waals surface area contributed by atoms with Crippen molar-refractivity contribution in [3.8, 4) is 0 Å². The Morgan fingerprint density at radius 2 is 1.75 bits per heavy atom. The lowest BCUT2D eigenvalue weighted by Gasteiger charge is -2.23. The summed E-state index contributed by atoms with van der Waals surface area (Å²) in [6, 6.07) is 8.62. The molecule has 2 aromatic carbocycles. The van der Waals surface area contributed by atoms with Gasteiger partial charge in [0.25, 0.3) is 0 Å². The van der Waals surface area contributed by atoms with E-state index in [9.17, 15) is 18.4 Å². The van der Waals surface area contributed by atoms with E-state index in [2.05, 4.69) is 5.32 Å². The van der Waals surface area contributed by atoms with E-state index in [0.29, 0.717) is 5.69 Å². The van der Waals surface area contributed by atoms with Crippen molar-refractivity contribution in [1.29, 1.82) is 0 Å². The molecule has 1 N–H and O–H groups in total. The maximum absolute atomic E-state index is 13.2. The summed E-state index contributed by atoms with van der Waals surface area (Å²) in [7, 11) is 0. The second-order valence-electron chi connectivity index (χ2n) is 5.57. The van der Waals surface area contributed by atoms with Crippen LogP contribution in [0.2, 0.25) is 0 Å². The van der Waals surface area contributed by atoms with Gasteiger partial charge in [-0.05, 0) is 37.6 Å². The predicted molar refractivity (Wildman–Crippen MR) is 88.9 cm³/mol. The number of aryl methyl sites for hydroxylation is 2. The third kappa shape index (κ3) is 4.16. The van der Waals surface area contributed by atoms with E-state index >= 15 is 0 Å². The van der Waals surface area contributed by atoms with Gasteiger partial charge in [0.05, 0.1) is 0 Å². The smallest absolute Gasteiger partial charge is 0.244 e. The van der Waals surface area contributed by atoms with E-state index in [1.807, 2.05) is 26.0 Å². The molecule has 2 rings (SSSR count). The Kier molecular flexibility index (Phi) is 5.28. The normalized spacial score (nSPS) is 10.4. The number of benzene rings is 2. The molecule has 0 aliphatic heterocycles. The molecule has 4 nitrogen and oxygen atoms in total. The van der Waals surface area contributed by atoms with Crippen LogP contribution in [0.15, 0.2) is 36.4 Å². The molecular formula is C18H18F2N2O2. The van der Waals surface area contributed by atoms with Crippen LogP contribution in [0, 0.1) is 25.5 Å². The molecule has 6 heteroatoms. The van der Waals surface area contributed by atoms with E-state index in [-0.39, 0.29) is 18.1 Å². The first-order valence-electron chi connectivity index (χ1n) is 7.38. The number of halogens is 2. The number of anilines is 2. The Labute approximate surface area is 139 Å². The molecule has 0 bridgehead atoms. The minimum atomic E-state index is -1.05. The minimum absolute atomic E-state index is 0.128. The van der Waals surface area contributed by atoms with E-state index in [4.69, 9.17) is 0 Å². The van der Waals surface area contributed by atoms with Gasteiger partial charge in [-0.1, -0.05) is 17.7 Å². The van der Waals surface area contributed by atoms with Crippen LogP contribution in [0.3, 0.4) is 0 Å². The molecular weight excluding hydrogens is 314 g/mol. The van der Waals surface area contributed by atoms with Crippen LogP contribution in [-0.4, -0.2) is 18.4 Å². The molecule has 0 spiro atoms. The summed E-state index contributed by atoms with van der Waals surface area (Å²) in [5.74, 6) is -2.84. The average Bonchev–Trinajstić information content (AvgIpc) is 2.49. The van der Waals surface area contributed by atoms with Crippen molar-refractivity contribution in [3.05, 3.63) is 59.2 Å². The lowest BCUT2D eigenvalue weighted by atomic mass is 10.1. The Morgan fingerprint density at radius 3 is 2.33 bits per heavy atom. The fourth-order valence-electron chi connectivity index (χ4n) is 2.39. The first-order chi connectivity index (χ1) is 11.3. The van der Waals surface area contributed by atoms with Gasteiger partial charge < -0.3 is 10.2 Å². The largest absolute Gasteiger partial charge is 0.324 e. The SMILES string of the molecule is CC(=O)N(CC(=O)Nc1ccc(F)c(F)c1)c1ccc(C)cc1C. The standard InChI is InChI=1S/C18H18F2N2O2/c1-11-4-7-17(12(2)8-11)22(13(3)23)10-18(24)21-14-5-6-15(19)16(20)9-14/h4-9H,10H2,1-3H3,(H,21,24). The Balaban J connectivity index is 2.16. The summed E-state index contributed by atoms with van der Waals surface area (Å²) in [5.41, 5.74) is 2.67. The van der Waals surface area contributed by atoms with Crippen molar-refractivity contribution in [3.63, 3.8) is 0 Å². The van der Waals surface area contributed by atoms with Crippen LogP contribution in [0.1, 0.15) is 18.1 Å². The summed E-state index contributed by atoms with van der Waals surface area (Å²) in [5, 5.41) is 2.46. The maximum atomic E-state index is 13.2. The van der Waals surface area contributed by atoms with Gasteiger partial charge in [-0.25, -0.2) is 8.78 Å². The highest BCUT2D eigenvalue weighted by atomic mass is 19.2. The molecule has 0 unspecified atom stereocenters. The third-order valence-corrected chi connectivity index (χ3v) is 3.53. The molecule has 0 atom stereocenters. The molecule has 2 aromatic rings. The molecule has 0 fully saturated rings. The first-order valence-corrected chi connectivity index (χ1v) is 7.38. The Morgan fingerprint density at radius 1 is 1.04 bits per heavy atom. The van der Waals surface area contributed by atoms with E-state index in [1.165, 1.54) is 17.9 Å². The fraction of sp³-hybridized carbons (Fsp3) is 0.222. The third-order valence-electron chi connectivity index (χ3n) is 3.53. The van der Waals surface area contributed by atoms with Crippen molar-refractivity contribution in [2.45, 2.75) is 20.8 Å². The van der Waals surface area contributed by atoms with Crippen molar-refractivity contribution in [2.75, 3.05) is 16.8 Å². The lowest BCUT2D eigenvalue weighted by molar-refractivity contribution is -0.120. The summed E-state index contributed by atoms with van der Waals surface area (Å²) in [6.45, 7) is 4.93. The topological polar surface area (TPSA) is 49.4 Å². The van der Waals surface area contributed by atoms with Crippen LogP contribution in [0.25, 0.3) is 0 Å². The van der Waals surface area contributed by atoms with Crippen molar-refractivity contribution >= 4 is 23.2 Å². The molecule has 0 radical (unpaired) electrons. The Hall–Kier alpha value is -2.76. The van der Waals surface area contributed by atoms with E-state index in [0.717, 1.165) is 23.3 Å². The molecule has 126 valence electrons. The Bertz CT molecular complexity index is 791. The number of hydrogen-bond acceptors (Lipinski definition) is 2. The second kappa shape index (κ2) is 7.21. The molecule has 24 heavy (non-hydrogen) atoms. The summed E-state index contributed by atoms with van der Waals surface area (Å²) in [4.78, 5) is 25.4. The molecule has 0 aliphatic carbocycles. The zero-order valence-electron chi connectivity index (χ0n) is 13.7. The number of nitrogens with zero attached hydrogens (tertiary/aromatic N) is 1. The minimum Gasteiger partial charge on any atom is -0.324 e. The summed E-state index contributed by atoms with van der Waals surface area (Å²) in [6.07, 6.45) is 0. The van der Waals surface area contributed by atoms with Gasteiger partial charge >= 0.3 is 0 Å². The number of amides is 2. The van der Waals surface area contributed by atoms with Gasteiger partial charge in [0, 0.05) is 24.4 Å². The number of hydrogen-bond donors (Lipinski definition) is 1. The van der Waals surface area contributed by atoms with Gasteiger partial charge in [0.2, 0.25) is 11.8 Å².